The van der Waals surface area contributed by atoms with Crippen molar-refractivity contribution >= 4 is 45.6 Å². The minimum absolute atomic E-state index is 0.168. The van der Waals surface area contributed by atoms with Gasteiger partial charge < -0.3 is 9.15 Å². The van der Waals surface area contributed by atoms with Crippen molar-refractivity contribution in [3.63, 3.8) is 0 Å². The lowest BCUT2D eigenvalue weighted by Crippen LogP contribution is -2.10. The van der Waals surface area contributed by atoms with Crippen molar-refractivity contribution in [1.82, 2.24) is 4.98 Å². The number of nitrogens with zero attached hydrogens (tertiary/aromatic N) is 1. The molecule has 0 radical (unpaired) electrons. The molecule has 1 N–H and O–H groups in total. The summed E-state index contributed by atoms with van der Waals surface area (Å²) in [5.41, 5.74) is 0.852. The molecule has 124 valence electrons. The number of furan rings is 1. The molecule has 0 saturated heterocycles. The van der Waals surface area contributed by atoms with Crippen LogP contribution in [0.25, 0.3) is 0 Å². The highest BCUT2D eigenvalue weighted by Gasteiger charge is 2.13. The van der Waals surface area contributed by atoms with Gasteiger partial charge in [-0.2, -0.15) is 0 Å². The number of hydrogen-bond acceptors (Lipinski definition) is 5. The van der Waals surface area contributed by atoms with E-state index < -0.39 is 0 Å². The molecule has 0 atom stereocenters. The molecule has 0 bridgehead atoms. The second kappa shape index (κ2) is 7.25. The fourth-order valence-electron chi connectivity index (χ4n) is 1.87. The number of nitrogens with one attached hydrogen (secondary N) is 1. The van der Waals surface area contributed by atoms with Crippen LogP contribution in [0.1, 0.15) is 22.0 Å². The minimum atomic E-state index is -0.356. The highest BCUT2D eigenvalue weighted by atomic mass is 35.5. The number of amides is 1. The topological polar surface area (TPSA) is 64.4 Å². The number of hydrogen-bond donors (Lipinski definition) is 1. The maximum Gasteiger partial charge on any atom is 0.293 e. The average Bonchev–Trinajstić information content (AvgIpc) is 3.18. The first-order valence-electron chi connectivity index (χ1n) is 6.91. The first-order valence-corrected chi connectivity index (χ1v) is 8.55. The third kappa shape index (κ3) is 4.08. The molecule has 1 aromatic carbocycles. The van der Waals surface area contributed by atoms with E-state index in [9.17, 15) is 4.79 Å². The molecule has 2 aromatic heterocycles. The van der Waals surface area contributed by atoms with Gasteiger partial charge in [0.15, 0.2) is 10.9 Å². The zero-order valence-corrected chi connectivity index (χ0v) is 14.8. The van der Waals surface area contributed by atoms with E-state index in [0.29, 0.717) is 26.7 Å². The number of anilines is 1. The number of aromatic nitrogens is 1. The lowest BCUT2D eigenvalue weighted by Gasteiger charge is -2.05. The summed E-state index contributed by atoms with van der Waals surface area (Å²) >= 11 is 13.1. The molecule has 0 aliphatic rings. The van der Waals surface area contributed by atoms with Gasteiger partial charge in [-0.3, -0.25) is 10.1 Å². The number of carbonyl (C=O) groups excluding carboxylic acids is 1. The Morgan fingerprint density at radius 1 is 1.29 bits per heavy atom. The number of rotatable bonds is 5. The molecule has 0 aliphatic carbocycles. The zero-order valence-electron chi connectivity index (χ0n) is 12.5. The van der Waals surface area contributed by atoms with Gasteiger partial charge in [-0.05, 0) is 31.2 Å². The molecule has 3 aromatic rings. The van der Waals surface area contributed by atoms with Crippen LogP contribution in [0.3, 0.4) is 0 Å². The molecule has 3 rings (SSSR count). The average molecular weight is 383 g/mol. The number of benzene rings is 1. The molecule has 0 unspecified atom stereocenters. The molecule has 0 aliphatic heterocycles. The fraction of sp³-hybridized carbons (Fsp3) is 0.125. The largest absolute Gasteiger partial charge is 0.486 e. The van der Waals surface area contributed by atoms with Crippen LogP contribution >= 0.6 is 34.5 Å². The Hall–Kier alpha value is -2.02. The summed E-state index contributed by atoms with van der Waals surface area (Å²) in [5, 5.41) is 5.93. The highest BCUT2D eigenvalue weighted by Crippen LogP contribution is 2.27. The maximum atomic E-state index is 12.1. The van der Waals surface area contributed by atoms with Crippen molar-refractivity contribution in [3.05, 3.63) is 63.0 Å². The quantitative estimate of drug-likeness (QED) is 0.659. The SMILES string of the molecule is Cc1csc(NC(=O)c2ccc(COc3ccc(Cl)c(Cl)c3)o2)n1. The van der Waals surface area contributed by atoms with Crippen molar-refractivity contribution in [2.75, 3.05) is 5.32 Å². The predicted octanol–water partition coefficient (Wildman–Crippen LogP) is 5.18. The van der Waals surface area contributed by atoms with E-state index in [1.54, 1.807) is 30.3 Å². The van der Waals surface area contributed by atoms with Crippen molar-refractivity contribution in [1.29, 1.82) is 0 Å². The van der Waals surface area contributed by atoms with Gasteiger partial charge in [0.2, 0.25) is 0 Å². The van der Waals surface area contributed by atoms with Crippen LogP contribution in [0, 0.1) is 6.92 Å². The number of halogens is 2. The molecule has 1 amide bonds. The summed E-state index contributed by atoms with van der Waals surface area (Å²) < 4.78 is 11.0. The molecule has 5 nitrogen and oxygen atoms in total. The first-order chi connectivity index (χ1) is 11.5. The van der Waals surface area contributed by atoms with Gasteiger partial charge in [-0.25, -0.2) is 4.98 Å². The molecule has 0 spiro atoms. The summed E-state index contributed by atoms with van der Waals surface area (Å²) in [6, 6.07) is 8.24. The van der Waals surface area contributed by atoms with Crippen LogP contribution in [0.4, 0.5) is 5.13 Å². The summed E-state index contributed by atoms with van der Waals surface area (Å²) in [6.07, 6.45) is 0. The summed E-state index contributed by atoms with van der Waals surface area (Å²) in [5.74, 6) is 0.910. The van der Waals surface area contributed by atoms with Gasteiger partial charge in [-0.15, -0.1) is 11.3 Å². The maximum absolute atomic E-state index is 12.1. The third-order valence-electron chi connectivity index (χ3n) is 3.00. The Morgan fingerprint density at radius 3 is 2.83 bits per heavy atom. The van der Waals surface area contributed by atoms with Gasteiger partial charge in [0.25, 0.3) is 5.91 Å². The fourth-order valence-corrected chi connectivity index (χ4v) is 2.84. The van der Waals surface area contributed by atoms with E-state index in [-0.39, 0.29) is 18.3 Å². The van der Waals surface area contributed by atoms with E-state index in [2.05, 4.69) is 10.3 Å². The molecule has 24 heavy (non-hydrogen) atoms. The Labute approximate surface area is 152 Å². The van der Waals surface area contributed by atoms with Crippen LogP contribution in [0.15, 0.2) is 40.1 Å². The van der Waals surface area contributed by atoms with Crippen molar-refractivity contribution < 1.29 is 13.9 Å². The predicted molar refractivity (Wildman–Crippen MR) is 94.3 cm³/mol. The Bertz CT molecular complexity index is 876. The third-order valence-corrected chi connectivity index (χ3v) is 4.61. The van der Waals surface area contributed by atoms with Gasteiger partial charge in [-0.1, -0.05) is 23.2 Å². The summed E-state index contributed by atoms with van der Waals surface area (Å²) in [4.78, 5) is 16.3. The smallest absolute Gasteiger partial charge is 0.293 e. The van der Waals surface area contributed by atoms with Crippen molar-refractivity contribution in [2.24, 2.45) is 0 Å². The van der Waals surface area contributed by atoms with Crippen LogP contribution in [-0.2, 0) is 6.61 Å². The number of thiazole rings is 1. The van der Waals surface area contributed by atoms with Gasteiger partial charge >= 0.3 is 0 Å². The second-order valence-corrected chi connectivity index (χ2v) is 6.55. The van der Waals surface area contributed by atoms with Gasteiger partial charge in [0, 0.05) is 11.4 Å². The standard InChI is InChI=1S/C16H12Cl2N2O3S/c1-9-8-24-16(19-9)20-15(21)14-5-3-11(23-14)7-22-10-2-4-12(17)13(18)6-10/h2-6,8H,7H2,1H3,(H,19,20,21). The van der Waals surface area contributed by atoms with E-state index >= 15 is 0 Å². The summed E-state index contributed by atoms with van der Waals surface area (Å²) in [6.45, 7) is 2.03. The normalized spacial score (nSPS) is 10.6. The first kappa shape index (κ1) is 16.8. The van der Waals surface area contributed by atoms with Crippen LogP contribution in [0.5, 0.6) is 5.75 Å². The van der Waals surface area contributed by atoms with E-state index in [1.807, 2.05) is 12.3 Å². The number of carbonyl (C=O) groups is 1. The van der Waals surface area contributed by atoms with Crippen LogP contribution in [0.2, 0.25) is 10.0 Å². The number of ether oxygens (including phenoxy) is 1. The molecule has 8 heteroatoms. The molecule has 0 saturated carbocycles. The van der Waals surface area contributed by atoms with Gasteiger partial charge in [0.05, 0.1) is 15.7 Å². The Morgan fingerprint density at radius 2 is 2.12 bits per heavy atom. The Balaban J connectivity index is 1.60. The van der Waals surface area contributed by atoms with Gasteiger partial charge in [0.1, 0.15) is 18.1 Å². The lowest BCUT2D eigenvalue weighted by molar-refractivity contribution is 0.0992. The molecule has 0 fully saturated rings. The summed E-state index contributed by atoms with van der Waals surface area (Å²) in [7, 11) is 0. The second-order valence-electron chi connectivity index (χ2n) is 4.88. The van der Waals surface area contributed by atoms with Crippen molar-refractivity contribution in [2.45, 2.75) is 13.5 Å². The van der Waals surface area contributed by atoms with Crippen molar-refractivity contribution in [3.8, 4) is 5.75 Å². The molecule has 2 heterocycles. The van der Waals surface area contributed by atoms with E-state index in [0.717, 1.165) is 5.69 Å². The highest BCUT2D eigenvalue weighted by molar-refractivity contribution is 7.13. The minimum Gasteiger partial charge on any atom is -0.486 e. The lowest BCUT2D eigenvalue weighted by atomic mass is 10.3. The van der Waals surface area contributed by atoms with E-state index in [4.69, 9.17) is 32.4 Å². The van der Waals surface area contributed by atoms with Crippen LogP contribution < -0.4 is 10.1 Å². The monoisotopic (exact) mass is 382 g/mol. The number of aryl methyl sites for hydroxylation is 1. The molecular weight excluding hydrogens is 371 g/mol. The molecular formula is C16H12Cl2N2O3S. The zero-order chi connectivity index (χ0) is 17.1. The van der Waals surface area contributed by atoms with Crippen LogP contribution in [-0.4, -0.2) is 10.9 Å². The van der Waals surface area contributed by atoms with E-state index in [1.165, 1.54) is 11.3 Å². The Kier molecular flexibility index (Phi) is 5.08.